The van der Waals surface area contributed by atoms with Crippen LogP contribution in [0.5, 0.6) is 0 Å². The zero-order chi connectivity index (χ0) is 26.5. The average molecular weight is 540 g/mol. The van der Waals surface area contributed by atoms with Gasteiger partial charge in [0.05, 0.1) is 36.8 Å². The van der Waals surface area contributed by atoms with Crippen LogP contribution in [0.15, 0.2) is 28.4 Å². The van der Waals surface area contributed by atoms with Crippen molar-refractivity contribution in [1.82, 2.24) is 15.0 Å². The standard InChI is InChI=1S/C18H24ClN7OS.C4H6O4/c1-10-14(20)18(9-27-10)3-6-26(7-4-18)12-8-24-17(16(22)25-12)28-11-2-5-23-15(21)13(11)19;5-3(6)1-2-4(7)8/h2,5,8,10,14H,3-4,6-7,9,20H2,1H3,(H2,21,23)(H2,22,25);1-2H2,(H,5,6)(H,7,8). The molecule has 2 saturated heterocycles. The van der Waals surface area contributed by atoms with Crippen LogP contribution in [-0.4, -0.2) is 68.9 Å². The summed E-state index contributed by atoms with van der Waals surface area (Å²) < 4.78 is 5.79. The summed E-state index contributed by atoms with van der Waals surface area (Å²) in [6.45, 7) is 4.51. The Morgan fingerprint density at radius 2 is 1.83 bits per heavy atom. The van der Waals surface area contributed by atoms with E-state index in [-0.39, 0.29) is 36.2 Å². The van der Waals surface area contributed by atoms with Crippen LogP contribution in [-0.2, 0) is 14.3 Å². The van der Waals surface area contributed by atoms with Crippen LogP contribution in [0.25, 0.3) is 0 Å². The summed E-state index contributed by atoms with van der Waals surface area (Å²) in [5.74, 6) is -0.735. The molecule has 0 amide bonds. The second kappa shape index (κ2) is 11.9. The first-order chi connectivity index (χ1) is 17.0. The Kier molecular flexibility index (Phi) is 9.17. The van der Waals surface area contributed by atoms with Crippen LogP contribution in [0, 0.1) is 5.41 Å². The Bertz CT molecular complexity index is 1090. The third-order valence-electron chi connectivity index (χ3n) is 6.32. The van der Waals surface area contributed by atoms with E-state index in [2.05, 4.69) is 26.8 Å². The number of halogens is 1. The Morgan fingerprint density at radius 3 is 2.36 bits per heavy atom. The fourth-order valence-electron chi connectivity index (χ4n) is 4.11. The number of nitrogens with two attached hydrogens (primary N) is 3. The van der Waals surface area contributed by atoms with Crippen molar-refractivity contribution in [3.8, 4) is 0 Å². The van der Waals surface area contributed by atoms with Gasteiger partial charge < -0.3 is 37.1 Å². The molecule has 2 atom stereocenters. The molecular formula is C22H30ClN7O5S. The molecule has 8 N–H and O–H groups in total. The van der Waals surface area contributed by atoms with E-state index in [9.17, 15) is 9.59 Å². The van der Waals surface area contributed by atoms with Gasteiger partial charge in [0.1, 0.15) is 16.7 Å². The molecule has 2 unspecified atom stereocenters. The Labute approximate surface area is 217 Å². The van der Waals surface area contributed by atoms with Gasteiger partial charge in [0.2, 0.25) is 0 Å². The minimum Gasteiger partial charge on any atom is -0.481 e. The van der Waals surface area contributed by atoms with E-state index >= 15 is 0 Å². The van der Waals surface area contributed by atoms with Gasteiger partial charge in [-0.1, -0.05) is 23.4 Å². The van der Waals surface area contributed by atoms with Crippen LogP contribution in [0.3, 0.4) is 0 Å². The van der Waals surface area contributed by atoms with Crippen LogP contribution < -0.4 is 22.1 Å². The normalized spacial score (nSPS) is 20.6. The molecule has 0 bridgehead atoms. The second-order valence-corrected chi connectivity index (χ2v) is 10.1. The number of piperidine rings is 1. The maximum atomic E-state index is 9.64. The summed E-state index contributed by atoms with van der Waals surface area (Å²) in [6.07, 6.45) is 4.83. The molecule has 1 spiro atoms. The minimum atomic E-state index is -1.08. The lowest BCUT2D eigenvalue weighted by Crippen LogP contribution is -2.50. The van der Waals surface area contributed by atoms with Crippen molar-refractivity contribution in [2.24, 2.45) is 11.1 Å². The van der Waals surface area contributed by atoms with Crippen molar-refractivity contribution in [3.05, 3.63) is 23.5 Å². The Balaban J connectivity index is 0.000000392. The van der Waals surface area contributed by atoms with Crippen LogP contribution in [0.1, 0.15) is 32.6 Å². The molecule has 2 aromatic heterocycles. The number of carboxylic acids is 2. The SMILES string of the molecule is CC1OCC2(CCN(c3cnc(Sc4ccnc(N)c4Cl)c(N)n3)CC2)C1N.O=C(O)CCC(=O)O. The van der Waals surface area contributed by atoms with Gasteiger partial charge >= 0.3 is 11.9 Å². The number of aliphatic carboxylic acids is 2. The number of carbonyl (C=O) groups is 2. The third kappa shape index (κ3) is 6.66. The molecule has 36 heavy (non-hydrogen) atoms. The maximum Gasteiger partial charge on any atom is 0.303 e. The molecule has 0 radical (unpaired) electrons. The summed E-state index contributed by atoms with van der Waals surface area (Å²) in [7, 11) is 0. The first-order valence-electron chi connectivity index (χ1n) is 11.3. The Morgan fingerprint density at radius 1 is 1.19 bits per heavy atom. The van der Waals surface area contributed by atoms with E-state index < -0.39 is 11.9 Å². The van der Waals surface area contributed by atoms with Crippen molar-refractivity contribution >= 4 is 52.8 Å². The first-order valence-corrected chi connectivity index (χ1v) is 12.5. The fourth-order valence-corrected chi connectivity index (χ4v) is 5.12. The number of hydrogen-bond donors (Lipinski definition) is 5. The molecule has 14 heteroatoms. The van der Waals surface area contributed by atoms with Gasteiger partial charge in [0.25, 0.3) is 0 Å². The van der Waals surface area contributed by atoms with Crippen LogP contribution >= 0.6 is 23.4 Å². The second-order valence-electron chi connectivity index (χ2n) is 8.71. The number of aromatic nitrogens is 3. The quantitative estimate of drug-likeness (QED) is 0.357. The van der Waals surface area contributed by atoms with Gasteiger partial charge in [0.15, 0.2) is 5.82 Å². The Hall–Kier alpha value is -2.87. The summed E-state index contributed by atoms with van der Waals surface area (Å²) >= 11 is 7.53. The molecule has 4 rings (SSSR count). The van der Waals surface area contributed by atoms with Crippen molar-refractivity contribution in [2.45, 2.75) is 54.7 Å². The molecule has 12 nitrogen and oxygen atoms in total. The van der Waals surface area contributed by atoms with Crippen molar-refractivity contribution in [2.75, 3.05) is 36.1 Å². The summed E-state index contributed by atoms with van der Waals surface area (Å²) in [4.78, 5) is 35.2. The number of nitrogen functional groups attached to an aromatic ring is 2. The number of ether oxygens (including phenoxy) is 1. The highest BCUT2D eigenvalue weighted by atomic mass is 35.5. The van der Waals surface area contributed by atoms with E-state index in [1.165, 1.54) is 11.8 Å². The number of carboxylic acid groups (broad SMARTS) is 2. The van der Waals surface area contributed by atoms with E-state index in [1.807, 2.05) is 0 Å². The number of rotatable bonds is 6. The largest absolute Gasteiger partial charge is 0.481 e. The molecule has 2 aliphatic heterocycles. The smallest absolute Gasteiger partial charge is 0.303 e. The highest BCUT2D eigenvalue weighted by molar-refractivity contribution is 7.99. The molecule has 0 saturated carbocycles. The van der Waals surface area contributed by atoms with Gasteiger partial charge in [-0.3, -0.25) is 9.59 Å². The highest BCUT2D eigenvalue weighted by Crippen LogP contribution is 2.42. The summed E-state index contributed by atoms with van der Waals surface area (Å²) in [5, 5.41) is 16.8. The van der Waals surface area contributed by atoms with Gasteiger partial charge in [-0.15, -0.1) is 0 Å². The summed E-state index contributed by atoms with van der Waals surface area (Å²) in [5.41, 5.74) is 18.4. The molecule has 2 aliphatic rings. The van der Waals surface area contributed by atoms with E-state index in [0.29, 0.717) is 15.9 Å². The van der Waals surface area contributed by atoms with Crippen LogP contribution in [0.4, 0.5) is 17.5 Å². The minimum absolute atomic E-state index is 0.0721. The number of pyridine rings is 1. The van der Waals surface area contributed by atoms with E-state index in [4.69, 9.17) is 43.8 Å². The van der Waals surface area contributed by atoms with Crippen molar-refractivity contribution in [3.63, 3.8) is 0 Å². The summed E-state index contributed by atoms with van der Waals surface area (Å²) in [6, 6.07) is 1.86. The lowest BCUT2D eigenvalue weighted by Gasteiger charge is -2.41. The van der Waals surface area contributed by atoms with E-state index in [0.717, 1.165) is 43.3 Å². The van der Waals surface area contributed by atoms with Crippen molar-refractivity contribution < 1.29 is 24.5 Å². The lowest BCUT2D eigenvalue weighted by atomic mass is 9.73. The van der Waals surface area contributed by atoms with Gasteiger partial charge in [-0.05, 0) is 25.8 Å². The molecule has 196 valence electrons. The fraction of sp³-hybridized carbons (Fsp3) is 0.500. The topological polar surface area (TPSA) is 204 Å². The predicted molar refractivity (Wildman–Crippen MR) is 136 cm³/mol. The van der Waals surface area contributed by atoms with Crippen molar-refractivity contribution in [1.29, 1.82) is 0 Å². The van der Waals surface area contributed by atoms with E-state index in [1.54, 1.807) is 18.5 Å². The molecule has 2 fully saturated rings. The number of nitrogens with zero attached hydrogens (tertiary/aromatic N) is 4. The van der Waals surface area contributed by atoms with Gasteiger partial charge in [-0.25, -0.2) is 15.0 Å². The van der Waals surface area contributed by atoms with Crippen LogP contribution in [0.2, 0.25) is 5.02 Å². The number of hydrogen-bond acceptors (Lipinski definition) is 11. The van der Waals surface area contributed by atoms with Gasteiger partial charge in [0, 0.05) is 35.6 Å². The molecular weight excluding hydrogens is 510 g/mol. The first kappa shape index (κ1) is 27.7. The lowest BCUT2D eigenvalue weighted by molar-refractivity contribution is -0.143. The van der Waals surface area contributed by atoms with Gasteiger partial charge in [-0.2, -0.15) is 0 Å². The zero-order valence-electron chi connectivity index (χ0n) is 19.8. The molecule has 2 aromatic rings. The number of anilines is 3. The highest BCUT2D eigenvalue weighted by Gasteiger charge is 2.47. The third-order valence-corrected chi connectivity index (χ3v) is 7.90. The maximum absolute atomic E-state index is 9.64. The monoisotopic (exact) mass is 539 g/mol. The average Bonchev–Trinajstić information content (AvgIpc) is 3.11. The zero-order valence-corrected chi connectivity index (χ0v) is 21.3. The molecule has 4 heterocycles. The molecule has 0 aromatic carbocycles. The predicted octanol–water partition coefficient (Wildman–Crippen LogP) is 2.11. The molecule has 0 aliphatic carbocycles.